The molecule has 134 valence electrons. The number of hydrogen-bond acceptors (Lipinski definition) is 3. The Kier molecular flexibility index (Phi) is 6.91. The summed E-state index contributed by atoms with van der Waals surface area (Å²) in [5, 5.41) is 0. The Morgan fingerprint density at radius 3 is 2.36 bits per heavy atom. The maximum Gasteiger partial charge on any atom is 0.0909 e. The van der Waals surface area contributed by atoms with Gasteiger partial charge in [-0.3, -0.25) is 4.21 Å². The van der Waals surface area contributed by atoms with Crippen molar-refractivity contribution < 1.29 is 8.76 Å². The van der Waals surface area contributed by atoms with Crippen LogP contribution in [-0.2, 0) is 23.3 Å². The lowest BCUT2D eigenvalue weighted by atomic mass is 9.97. The molecule has 4 nitrogen and oxygen atoms in total. The van der Waals surface area contributed by atoms with Crippen molar-refractivity contribution in [1.82, 2.24) is 4.90 Å². The van der Waals surface area contributed by atoms with Crippen LogP contribution in [0.1, 0.15) is 34.7 Å². The van der Waals surface area contributed by atoms with Crippen LogP contribution in [0.3, 0.4) is 0 Å². The highest BCUT2D eigenvalue weighted by molar-refractivity contribution is 7.78. The summed E-state index contributed by atoms with van der Waals surface area (Å²) in [6.07, 6.45) is 2.69. The highest BCUT2D eigenvalue weighted by atomic mass is 32.2. The van der Waals surface area contributed by atoms with Crippen LogP contribution in [-0.4, -0.2) is 33.6 Å². The Morgan fingerprint density at radius 1 is 1.12 bits per heavy atom. The molecule has 0 heterocycles. The zero-order chi connectivity index (χ0) is 18.4. The second-order valence-electron chi connectivity index (χ2n) is 6.32. The minimum absolute atomic E-state index is 0.0668. The Hall–Kier alpha value is -1.98. The predicted molar refractivity (Wildman–Crippen MR) is 104 cm³/mol. The number of aryl methyl sites for hydroxylation is 2. The van der Waals surface area contributed by atoms with Crippen LogP contribution in [0.25, 0.3) is 0 Å². The number of benzene rings is 2. The first-order valence-electron chi connectivity index (χ1n) is 8.37. The first kappa shape index (κ1) is 19.3. The van der Waals surface area contributed by atoms with Crippen molar-refractivity contribution in [2.24, 2.45) is 4.99 Å². The van der Waals surface area contributed by atoms with Crippen LogP contribution in [0.15, 0.2) is 41.4 Å². The predicted octanol–water partition coefficient (Wildman–Crippen LogP) is 3.88. The van der Waals surface area contributed by atoms with Crippen LogP contribution in [0.4, 0.5) is 5.69 Å². The summed E-state index contributed by atoms with van der Waals surface area (Å²) < 4.78 is 21.5. The maximum absolute atomic E-state index is 10.8. The topological polar surface area (TPSA) is 55.7 Å². The van der Waals surface area contributed by atoms with Crippen LogP contribution in [0, 0.1) is 13.8 Å². The number of nitrogens with zero attached hydrogens (tertiary/aromatic N) is 2. The molecule has 0 N–H and O–H groups in total. The summed E-state index contributed by atoms with van der Waals surface area (Å²) in [4.78, 5) is 6.61. The fourth-order valence-corrected chi connectivity index (χ4v) is 3.01. The van der Waals surface area contributed by atoms with Gasteiger partial charge in [0.2, 0.25) is 0 Å². The molecule has 0 aliphatic heterocycles. The van der Waals surface area contributed by atoms with Gasteiger partial charge in [-0.1, -0.05) is 41.4 Å². The molecule has 0 amide bonds. The van der Waals surface area contributed by atoms with E-state index in [-0.39, 0.29) is 5.75 Å². The number of rotatable bonds is 7. The highest BCUT2D eigenvalue weighted by Gasteiger charge is 2.06. The van der Waals surface area contributed by atoms with E-state index in [4.69, 9.17) is 0 Å². The fourth-order valence-electron chi connectivity index (χ4n) is 2.54. The van der Waals surface area contributed by atoms with E-state index in [1.165, 1.54) is 16.7 Å². The van der Waals surface area contributed by atoms with E-state index in [2.05, 4.69) is 37.9 Å². The zero-order valence-electron chi connectivity index (χ0n) is 15.3. The van der Waals surface area contributed by atoms with Gasteiger partial charge in [0.05, 0.1) is 12.0 Å². The zero-order valence-corrected chi connectivity index (χ0v) is 16.1. The SMILES string of the molecule is CCN(C)C=Nc1cc(C)c(Cc2ccc(CS(=O)[O-])cc2)cc1C. The van der Waals surface area contributed by atoms with Gasteiger partial charge in [0.25, 0.3) is 0 Å². The van der Waals surface area contributed by atoms with Gasteiger partial charge in [-0.2, -0.15) is 0 Å². The molecule has 2 aromatic carbocycles. The first-order chi connectivity index (χ1) is 11.9. The first-order valence-corrected chi connectivity index (χ1v) is 9.61. The third-order valence-electron chi connectivity index (χ3n) is 4.25. The van der Waals surface area contributed by atoms with E-state index >= 15 is 0 Å². The minimum Gasteiger partial charge on any atom is -0.772 e. The molecule has 0 aromatic heterocycles. The molecule has 0 saturated heterocycles. The molecule has 2 rings (SSSR count). The number of hydrogen-bond donors (Lipinski definition) is 0. The lowest BCUT2D eigenvalue weighted by molar-refractivity contribution is 0.536. The molecule has 1 unspecified atom stereocenters. The van der Waals surface area contributed by atoms with E-state index in [9.17, 15) is 8.76 Å². The van der Waals surface area contributed by atoms with Crippen LogP contribution >= 0.6 is 0 Å². The van der Waals surface area contributed by atoms with Crippen LogP contribution in [0.5, 0.6) is 0 Å². The van der Waals surface area contributed by atoms with Crippen molar-refractivity contribution >= 4 is 23.1 Å². The average Bonchev–Trinajstić information content (AvgIpc) is 2.57. The standard InChI is InChI=1S/C20H26N2O2S/c1-5-22(4)14-21-20-11-15(2)19(10-16(20)3)12-17-6-8-18(9-7-17)13-25(23)24/h6-11,14H,5,12-13H2,1-4H3,(H,23,24)/p-1. The van der Waals surface area contributed by atoms with Crippen molar-refractivity contribution in [2.45, 2.75) is 32.9 Å². The lowest BCUT2D eigenvalue weighted by Crippen LogP contribution is -2.14. The average molecular weight is 357 g/mol. The normalized spacial score (nSPS) is 12.5. The van der Waals surface area contributed by atoms with E-state index in [1.54, 1.807) is 0 Å². The summed E-state index contributed by atoms with van der Waals surface area (Å²) in [6.45, 7) is 7.20. The van der Waals surface area contributed by atoms with Gasteiger partial charge < -0.3 is 9.45 Å². The summed E-state index contributed by atoms with van der Waals surface area (Å²) in [5.41, 5.74) is 6.61. The van der Waals surface area contributed by atoms with Crippen molar-refractivity contribution in [1.29, 1.82) is 0 Å². The van der Waals surface area contributed by atoms with Gasteiger partial charge in [-0.25, -0.2) is 4.99 Å². The highest BCUT2D eigenvalue weighted by Crippen LogP contribution is 2.25. The van der Waals surface area contributed by atoms with Gasteiger partial charge in [-0.05, 0) is 61.1 Å². The Balaban J connectivity index is 2.16. The molecule has 0 spiro atoms. The fraction of sp³-hybridized carbons (Fsp3) is 0.350. The smallest absolute Gasteiger partial charge is 0.0909 e. The number of aliphatic imine (C=N–C) groups is 1. The van der Waals surface area contributed by atoms with Crippen molar-refractivity contribution in [3.05, 3.63) is 64.2 Å². The summed E-state index contributed by atoms with van der Waals surface area (Å²) >= 11 is -2.04. The van der Waals surface area contributed by atoms with Gasteiger partial charge in [0.1, 0.15) is 0 Å². The van der Waals surface area contributed by atoms with Crippen molar-refractivity contribution in [3.63, 3.8) is 0 Å². The monoisotopic (exact) mass is 357 g/mol. The Morgan fingerprint density at radius 2 is 1.76 bits per heavy atom. The Bertz CT molecular complexity index is 770. The molecule has 5 heteroatoms. The minimum atomic E-state index is -2.04. The third-order valence-corrected chi connectivity index (χ3v) is 4.82. The third kappa shape index (κ3) is 5.80. The second kappa shape index (κ2) is 8.92. The van der Waals surface area contributed by atoms with E-state index in [0.717, 1.165) is 29.8 Å². The molecule has 0 aliphatic carbocycles. The lowest BCUT2D eigenvalue weighted by Gasteiger charge is -2.12. The molecule has 0 bridgehead atoms. The molecular weight excluding hydrogens is 332 g/mol. The van der Waals surface area contributed by atoms with Gasteiger partial charge in [-0.15, -0.1) is 0 Å². The largest absolute Gasteiger partial charge is 0.772 e. The molecule has 0 aliphatic rings. The summed E-state index contributed by atoms with van der Waals surface area (Å²) in [5.74, 6) is 0.0668. The molecule has 25 heavy (non-hydrogen) atoms. The van der Waals surface area contributed by atoms with E-state index < -0.39 is 11.1 Å². The van der Waals surface area contributed by atoms with Crippen molar-refractivity contribution in [2.75, 3.05) is 13.6 Å². The summed E-state index contributed by atoms with van der Waals surface area (Å²) in [7, 11) is 2.01. The maximum atomic E-state index is 10.8. The van der Waals surface area contributed by atoms with Gasteiger partial charge in [0.15, 0.2) is 0 Å². The second-order valence-corrected chi connectivity index (χ2v) is 7.22. The molecule has 1 atom stereocenters. The van der Waals surface area contributed by atoms with Gasteiger partial charge >= 0.3 is 0 Å². The molecule has 0 radical (unpaired) electrons. The van der Waals surface area contributed by atoms with Crippen LogP contribution < -0.4 is 0 Å². The molecule has 2 aromatic rings. The summed E-state index contributed by atoms with van der Waals surface area (Å²) in [6, 6.07) is 12.1. The Labute approximate surface area is 152 Å². The van der Waals surface area contributed by atoms with Crippen molar-refractivity contribution in [3.8, 4) is 0 Å². The van der Waals surface area contributed by atoms with E-state index in [1.807, 2.05) is 42.6 Å². The van der Waals surface area contributed by atoms with Crippen LogP contribution in [0.2, 0.25) is 0 Å². The molecule has 0 saturated carbocycles. The van der Waals surface area contributed by atoms with Gasteiger partial charge in [0, 0.05) is 19.3 Å². The quantitative estimate of drug-likeness (QED) is 0.429. The molecule has 0 fully saturated rings. The van der Waals surface area contributed by atoms with E-state index in [0.29, 0.717) is 0 Å². The molecular formula is C20H25N2O2S-.